The molecule has 0 atom stereocenters. The Bertz CT molecular complexity index is 711. The maximum atomic E-state index is 5.81. The van der Waals surface area contributed by atoms with E-state index >= 15 is 0 Å². The van der Waals surface area contributed by atoms with E-state index in [0.717, 1.165) is 26.6 Å². The van der Waals surface area contributed by atoms with Crippen LogP contribution in [0.15, 0.2) is 52.4 Å². The zero-order valence-corrected chi connectivity index (χ0v) is 12.9. The lowest BCUT2D eigenvalue weighted by Gasteiger charge is -1.97. The predicted octanol–water partition coefficient (Wildman–Crippen LogP) is 4.44. The Labute approximate surface area is 128 Å². The molecule has 3 aromatic heterocycles. The highest BCUT2D eigenvalue weighted by Gasteiger charge is 2.03. The lowest BCUT2D eigenvalue weighted by Crippen LogP contribution is -1.82. The highest BCUT2D eigenvalue weighted by molar-refractivity contribution is 9.10. The fourth-order valence-electron chi connectivity index (χ4n) is 1.68. The fourth-order valence-corrected chi connectivity index (χ4v) is 2.87. The van der Waals surface area contributed by atoms with Crippen molar-refractivity contribution < 1.29 is 0 Å². The van der Waals surface area contributed by atoms with Gasteiger partial charge in [-0.2, -0.15) is 0 Å². The molecular formula is C13H9BrClN3S. The summed E-state index contributed by atoms with van der Waals surface area (Å²) in [5, 5.41) is 1.60. The molecule has 0 saturated heterocycles. The molecule has 0 aliphatic rings. The van der Waals surface area contributed by atoms with Gasteiger partial charge in [0.05, 0.1) is 15.7 Å². The molecule has 0 aliphatic carbocycles. The van der Waals surface area contributed by atoms with Crippen molar-refractivity contribution in [2.45, 2.75) is 10.8 Å². The van der Waals surface area contributed by atoms with Gasteiger partial charge >= 0.3 is 0 Å². The van der Waals surface area contributed by atoms with Crippen LogP contribution in [0.5, 0.6) is 0 Å². The lowest BCUT2D eigenvalue weighted by atomic mass is 10.5. The molecule has 0 saturated carbocycles. The summed E-state index contributed by atoms with van der Waals surface area (Å²) in [6.07, 6.45) is 5.69. The number of pyridine rings is 2. The van der Waals surface area contributed by atoms with Crippen LogP contribution in [0.25, 0.3) is 5.65 Å². The quantitative estimate of drug-likeness (QED) is 0.651. The summed E-state index contributed by atoms with van der Waals surface area (Å²) in [4.78, 5) is 8.80. The molecule has 3 rings (SSSR count). The maximum Gasteiger partial charge on any atom is 0.137 e. The molecule has 96 valence electrons. The van der Waals surface area contributed by atoms with Gasteiger partial charge in [-0.05, 0) is 40.2 Å². The number of halogens is 2. The molecule has 6 heteroatoms. The van der Waals surface area contributed by atoms with E-state index in [1.54, 1.807) is 18.0 Å². The van der Waals surface area contributed by atoms with Gasteiger partial charge in [0.25, 0.3) is 0 Å². The molecule has 19 heavy (non-hydrogen) atoms. The summed E-state index contributed by atoms with van der Waals surface area (Å²) in [6, 6.07) is 7.73. The second kappa shape index (κ2) is 5.53. The standard InChI is InChI=1S/C13H9BrClN3S/c14-9-1-3-12-17-11(7-18(12)6-9)8-19-13-4-2-10(15)5-16-13/h1-7H,8H2. The largest absolute Gasteiger partial charge is 0.306 e. The minimum absolute atomic E-state index is 0.655. The van der Waals surface area contributed by atoms with Crippen LogP contribution < -0.4 is 0 Å². The third-order valence-electron chi connectivity index (χ3n) is 2.53. The molecule has 0 bridgehead atoms. The Balaban J connectivity index is 1.76. The lowest BCUT2D eigenvalue weighted by molar-refractivity contribution is 1.13. The summed E-state index contributed by atoms with van der Waals surface area (Å²) in [5.74, 6) is 0.786. The van der Waals surface area contributed by atoms with Crippen molar-refractivity contribution in [1.82, 2.24) is 14.4 Å². The van der Waals surface area contributed by atoms with E-state index < -0.39 is 0 Å². The highest BCUT2D eigenvalue weighted by Crippen LogP contribution is 2.22. The van der Waals surface area contributed by atoms with Gasteiger partial charge in [-0.15, -0.1) is 0 Å². The van der Waals surface area contributed by atoms with Crippen LogP contribution in [0.1, 0.15) is 5.69 Å². The Morgan fingerprint density at radius 2 is 2.11 bits per heavy atom. The monoisotopic (exact) mass is 353 g/mol. The van der Waals surface area contributed by atoms with Gasteiger partial charge in [-0.1, -0.05) is 23.4 Å². The summed E-state index contributed by atoms with van der Waals surface area (Å²) >= 11 is 10.9. The minimum atomic E-state index is 0.655. The van der Waals surface area contributed by atoms with Crippen molar-refractivity contribution in [2.75, 3.05) is 0 Å². The van der Waals surface area contributed by atoms with Gasteiger partial charge in [0.1, 0.15) is 5.65 Å². The fraction of sp³-hybridized carbons (Fsp3) is 0.0769. The van der Waals surface area contributed by atoms with Gasteiger partial charge in [-0.25, -0.2) is 9.97 Å². The summed E-state index contributed by atoms with van der Waals surface area (Å²) in [6.45, 7) is 0. The van der Waals surface area contributed by atoms with Crippen LogP contribution in [0.3, 0.4) is 0 Å². The van der Waals surface area contributed by atoms with Gasteiger partial charge < -0.3 is 4.40 Å². The molecule has 0 aromatic carbocycles. The number of fused-ring (bicyclic) bond motifs is 1. The summed E-state index contributed by atoms with van der Waals surface area (Å²) < 4.78 is 3.05. The molecule has 0 radical (unpaired) electrons. The SMILES string of the molecule is Clc1ccc(SCc2cn3cc(Br)ccc3n2)nc1. The number of rotatable bonds is 3. The van der Waals surface area contributed by atoms with Crippen LogP contribution >= 0.6 is 39.3 Å². The predicted molar refractivity (Wildman–Crippen MR) is 81.7 cm³/mol. The van der Waals surface area contributed by atoms with Crippen molar-refractivity contribution in [2.24, 2.45) is 0 Å². The first-order valence-electron chi connectivity index (χ1n) is 5.58. The Hall–Kier alpha value is -1.04. The maximum absolute atomic E-state index is 5.81. The van der Waals surface area contributed by atoms with Crippen LogP contribution in [0.2, 0.25) is 5.02 Å². The zero-order valence-electron chi connectivity index (χ0n) is 9.75. The Morgan fingerprint density at radius 1 is 1.21 bits per heavy atom. The van der Waals surface area contributed by atoms with E-state index in [4.69, 9.17) is 11.6 Å². The van der Waals surface area contributed by atoms with Crippen molar-refractivity contribution >= 4 is 44.9 Å². The van der Waals surface area contributed by atoms with E-state index in [1.807, 2.05) is 41.1 Å². The zero-order chi connectivity index (χ0) is 13.2. The summed E-state index contributed by atoms with van der Waals surface area (Å²) in [5.41, 5.74) is 1.97. The second-order valence-electron chi connectivity index (χ2n) is 3.95. The molecule has 0 fully saturated rings. The second-order valence-corrected chi connectivity index (χ2v) is 6.30. The van der Waals surface area contributed by atoms with E-state index in [-0.39, 0.29) is 0 Å². The molecule has 0 spiro atoms. The third kappa shape index (κ3) is 3.11. The molecule has 0 amide bonds. The van der Waals surface area contributed by atoms with E-state index in [1.165, 1.54) is 0 Å². The number of aromatic nitrogens is 3. The molecule has 0 N–H and O–H groups in total. The first kappa shape index (κ1) is 13.0. The number of thioether (sulfide) groups is 1. The first-order valence-corrected chi connectivity index (χ1v) is 7.74. The van der Waals surface area contributed by atoms with Crippen LogP contribution in [0.4, 0.5) is 0 Å². The number of imidazole rings is 1. The normalized spacial score (nSPS) is 11.1. The van der Waals surface area contributed by atoms with Gasteiger partial charge in [0.2, 0.25) is 0 Å². The summed E-state index contributed by atoms with van der Waals surface area (Å²) in [7, 11) is 0. The van der Waals surface area contributed by atoms with Gasteiger partial charge in [0, 0.05) is 28.8 Å². The third-order valence-corrected chi connectivity index (χ3v) is 4.20. The smallest absolute Gasteiger partial charge is 0.137 e. The van der Waals surface area contributed by atoms with Gasteiger partial charge in [0.15, 0.2) is 0 Å². The first-order chi connectivity index (χ1) is 9.20. The minimum Gasteiger partial charge on any atom is -0.306 e. The molecule has 3 nitrogen and oxygen atoms in total. The number of hydrogen-bond acceptors (Lipinski definition) is 3. The molecule has 3 aromatic rings. The van der Waals surface area contributed by atoms with Gasteiger partial charge in [-0.3, -0.25) is 0 Å². The van der Waals surface area contributed by atoms with Crippen molar-refractivity contribution in [3.05, 3.63) is 58.0 Å². The molecule has 3 heterocycles. The van der Waals surface area contributed by atoms with Crippen molar-refractivity contribution in [3.8, 4) is 0 Å². The topological polar surface area (TPSA) is 30.2 Å². The van der Waals surface area contributed by atoms with Crippen molar-refractivity contribution in [1.29, 1.82) is 0 Å². The average Bonchev–Trinajstić information content (AvgIpc) is 2.80. The number of hydrogen-bond donors (Lipinski definition) is 0. The Kier molecular flexibility index (Phi) is 3.77. The molecule has 0 aliphatic heterocycles. The van der Waals surface area contributed by atoms with E-state index in [9.17, 15) is 0 Å². The number of nitrogens with zero attached hydrogens (tertiary/aromatic N) is 3. The van der Waals surface area contributed by atoms with E-state index in [0.29, 0.717) is 5.02 Å². The highest BCUT2D eigenvalue weighted by atomic mass is 79.9. The molecule has 0 unspecified atom stereocenters. The van der Waals surface area contributed by atoms with E-state index in [2.05, 4.69) is 25.9 Å². The Morgan fingerprint density at radius 3 is 2.89 bits per heavy atom. The van der Waals surface area contributed by atoms with Crippen LogP contribution in [0, 0.1) is 0 Å². The average molecular weight is 355 g/mol. The van der Waals surface area contributed by atoms with Crippen LogP contribution in [-0.2, 0) is 5.75 Å². The molecular weight excluding hydrogens is 346 g/mol. The van der Waals surface area contributed by atoms with Crippen molar-refractivity contribution in [3.63, 3.8) is 0 Å². The van der Waals surface area contributed by atoms with Crippen LogP contribution in [-0.4, -0.2) is 14.4 Å².